The maximum absolute atomic E-state index is 12.5. The van der Waals surface area contributed by atoms with Gasteiger partial charge in [0.25, 0.3) is 0 Å². The molecule has 0 spiro atoms. The van der Waals surface area contributed by atoms with Gasteiger partial charge in [0.1, 0.15) is 5.37 Å². The van der Waals surface area contributed by atoms with Gasteiger partial charge in [-0.3, -0.25) is 4.79 Å². The number of hydrogen-bond acceptors (Lipinski definition) is 5. The highest BCUT2D eigenvalue weighted by Gasteiger charge is 2.56. The SMILES string of the molecule is CC[C@H](O)[C@@H]1C(=O)N2C(C)=C(S[C@H]3CCN(CC4(c5ccccc5)CC4)C3)S[C@H]12. The molecule has 0 aromatic heterocycles. The van der Waals surface area contributed by atoms with Crippen LogP contribution in [-0.4, -0.2) is 57.2 Å². The van der Waals surface area contributed by atoms with Crippen molar-refractivity contribution >= 4 is 29.4 Å². The summed E-state index contributed by atoms with van der Waals surface area (Å²) in [5, 5.41) is 10.9. The van der Waals surface area contributed by atoms with Crippen LogP contribution in [0, 0.1) is 5.92 Å². The normalized spacial score (nSPS) is 31.8. The van der Waals surface area contributed by atoms with E-state index in [0.717, 1.165) is 12.2 Å². The van der Waals surface area contributed by atoms with Gasteiger partial charge in [-0.2, -0.15) is 0 Å². The highest BCUT2D eigenvalue weighted by atomic mass is 32.2. The molecule has 29 heavy (non-hydrogen) atoms. The average Bonchev–Trinajstić information content (AvgIpc) is 3.29. The zero-order chi connectivity index (χ0) is 20.2. The lowest BCUT2D eigenvalue weighted by Gasteiger charge is -2.44. The van der Waals surface area contributed by atoms with Crippen LogP contribution in [0.5, 0.6) is 0 Å². The number of hydrogen-bond donors (Lipinski definition) is 1. The molecule has 2 saturated heterocycles. The number of nitrogens with zero attached hydrogens (tertiary/aromatic N) is 2. The fourth-order valence-electron chi connectivity index (χ4n) is 5.08. The molecule has 4 aliphatic rings. The van der Waals surface area contributed by atoms with E-state index in [4.69, 9.17) is 0 Å². The third kappa shape index (κ3) is 3.46. The lowest BCUT2D eigenvalue weighted by Crippen LogP contribution is -2.60. The molecule has 1 N–H and O–H groups in total. The molecule has 3 heterocycles. The number of amides is 1. The second-order valence-corrected chi connectivity index (χ2v) is 11.7. The van der Waals surface area contributed by atoms with E-state index in [1.165, 1.54) is 42.2 Å². The zero-order valence-corrected chi connectivity index (χ0v) is 18.8. The van der Waals surface area contributed by atoms with Crippen LogP contribution in [-0.2, 0) is 10.2 Å². The molecule has 3 fully saturated rings. The van der Waals surface area contributed by atoms with Crippen molar-refractivity contribution in [2.75, 3.05) is 19.6 Å². The van der Waals surface area contributed by atoms with E-state index >= 15 is 0 Å². The van der Waals surface area contributed by atoms with Gasteiger partial charge in [0.05, 0.1) is 16.3 Å². The molecule has 1 aromatic carbocycles. The van der Waals surface area contributed by atoms with Crippen molar-refractivity contribution in [3.8, 4) is 0 Å². The van der Waals surface area contributed by atoms with Crippen molar-refractivity contribution in [3.05, 3.63) is 45.8 Å². The first-order valence-electron chi connectivity index (χ1n) is 10.9. The van der Waals surface area contributed by atoms with Crippen LogP contribution < -0.4 is 0 Å². The van der Waals surface area contributed by atoms with E-state index < -0.39 is 6.10 Å². The fraction of sp³-hybridized carbons (Fsp3) is 0.609. The Kier molecular flexibility index (Phi) is 5.26. The summed E-state index contributed by atoms with van der Waals surface area (Å²) in [7, 11) is 0. The maximum atomic E-state index is 12.5. The molecule has 1 aliphatic carbocycles. The molecule has 4 atom stereocenters. The van der Waals surface area contributed by atoms with Crippen molar-refractivity contribution < 1.29 is 9.90 Å². The van der Waals surface area contributed by atoms with Crippen molar-refractivity contribution in [2.24, 2.45) is 5.92 Å². The Morgan fingerprint density at radius 1 is 1.31 bits per heavy atom. The molecule has 0 bridgehead atoms. The molecule has 156 valence electrons. The number of allylic oxidation sites excluding steroid dienone is 1. The fourth-order valence-corrected chi connectivity index (χ4v) is 8.39. The molecular weight excluding hydrogens is 400 g/mol. The molecule has 5 rings (SSSR count). The summed E-state index contributed by atoms with van der Waals surface area (Å²) in [6.07, 6.45) is 3.97. The summed E-state index contributed by atoms with van der Waals surface area (Å²) in [6, 6.07) is 11.0. The largest absolute Gasteiger partial charge is 0.392 e. The maximum Gasteiger partial charge on any atom is 0.236 e. The minimum absolute atomic E-state index is 0.108. The van der Waals surface area contributed by atoms with Crippen molar-refractivity contribution in [3.63, 3.8) is 0 Å². The summed E-state index contributed by atoms with van der Waals surface area (Å²) < 4.78 is 1.30. The highest BCUT2D eigenvalue weighted by Crippen LogP contribution is 2.55. The van der Waals surface area contributed by atoms with Crippen molar-refractivity contribution in [1.82, 2.24) is 9.80 Å². The quantitative estimate of drug-likeness (QED) is 0.662. The van der Waals surface area contributed by atoms with Crippen molar-refractivity contribution in [1.29, 1.82) is 0 Å². The highest BCUT2D eigenvalue weighted by molar-refractivity contribution is 8.23. The minimum Gasteiger partial charge on any atom is -0.392 e. The average molecular weight is 431 g/mol. The number of thioether (sulfide) groups is 2. The number of benzene rings is 1. The monoisotopic (exact) mass is 430 g/mol. The van der Waals surface area contributed by atoms with E-state index in [9.17, 15) is 9.90 Å². The lowest BCUT2D eigenvalue weighted by atomic mass is 9.90. The Labute approximate surface area is 182 Å². The Morgan fingerprint density at radius 2 is 2.07 bits per heavy atom. The van der Waals surface area contributed by atoms with Gasteiger partial charge in [-0.15, -0.1) is 11.8 Å². The number of β-lactam (4-membered cyclic amide) rings is 1. The first kappa shape index (κ1) is 20.0. The van der Waals surface area contributed by atoms with E-state index in [1.54, 1.807) is 11.8 Å². The van der Waals surface area contributed by atoms with Gasteiger partial charge in [-0.1, -0.05) is 49.0 Å². The van der Waals surface area contributed by atoms with Crippen LogP contribution in [0.1, 0.15) is 45.1 Å². The molecule has 1 saturated carbocycles. The number of aliphatic hydroxyl groups excluding tert-OH is 1. The molecule has 0 radical (unpaired) electrons. The number of aliphatic hydroxyl groups is 1. The van der Waals surface area contributed by atoms with Crippen LogP contribution >= 0.6 is 23.5 Å². The second-order valence-electron chi connectivity index (χ2n) is 9.00. The van der Waals surface area contributed by atoms with Crippen molar-refractivity contribution in [2.45, 2.75) is 61.7 Å². The standard InChI is InChI=1S/C23H30N2O2S2/c1-3-18(26)19-20(27)25-15(2)22(29-21(19)25)28-17-9-12-24(13-17)14-23(10-11-23)16-7-5-4-6-8-16/h4-8,17-19,21,26H,3,9-14H2,1-2H3/t17-,18-,19+,21+/m0/s1. The summed E-state index contributed by atoms with van der Waals surface area (Å²) in [5.41, 5.74) is 3.00. The first-order chi connectivity index (χ1) is 14.0. The minimum atomic E-state index is -0.511. The molecule has 1 amide bonds. The van der Waals surface area contributed by atoms with Gasteiger partial charge < -0.3 is 14.9 Å². The van der Waals surface area contributed by atoms with Gasteiger partial charge in [-0.25, -0.2) is 0 Å². The summed E-state index contributed by atoms with van der Waals surface area (Å²) in [4.78, 5) is 17.1. The number of carbonyl (C=O) groups is 1. The summed E-state index contributed by atoms with van der Waals surface area (Å²) in [6.45, 7) is 7.51. The Hall–Kier alpha value is -0.950. The predicted molar refractivity (Wildman–Crippen MR) is 121 cm³/mol. The predicted octanol–water partition coefficient (Wildman–Crippen LogP) is 4.02. The van der Waals surface area contributed by atoms with Gasteiger partial charge in [0.2, 0.25) is 5.91 Å². The molecule has 4 nitrogen and oxygen atoms in total. The Balaban J connectivity index is 1.18. The summed E-state index contributed by atoms with van der Waals surface area (Å²) >= 11 is 3.77. The second kappa shape index (κ2) is 7.63. The zero-order valence-electron chi connectivity index (χ0n) is 17.2. The topological polar surface area (TPSA) is 43.8 Å². The van der Waals surface area contributed by atoms with Gasteiger partial charge in [0, 0.05) is 29.5 Å². The summed E-state index contributed by atoms with van der Waals surface area (Å²) in [5.74, 6) is -0.116. The number of fused-ring (bicyclic) bond motifs is 1. The molecule has 0 unspecified atom stereocenters. The smallest absolute Gasteiger partial charge is 0.236 e. The third-order valence-electron chi connectivity index (χ3n) is 7.07. The Bertz CT molecular complexity index is 823. The molecular formula is C23H30N2O2S2. The van der Waals surface area contributed by atoms with Crippen LogP contribution in [0.4, 0.5) is 0 Å². The van der Waals surface area contributed by atoms with Gasteiger partial charge in [0.15, 0.2) is 0 Å². The first-order valence-corrected chi connectivity index (χ1v) is 12.6. The van der Waals surface area contributed by atoms with Crippen LogP contribution in [0.25, 0.3) is 0 Å². The Morgan fingerprint density at radius 3 is 2.76 bits per heavy atom. The van der Waals surface area contributed by atoms with E-state index in [0.29, 0.717) is 17.1 Å². The van der Waals surface area contributed by atoms with Crippen LogP contribution in [0.2, 0.25) is 0 Å². The van der Waals surface area contributed by atoms with Gasteiger partial charge >= 0.3 is 0 Å². The van der Waals surface area contributed by atoms with E-state index in [-0.39, 0.29) is 17.2 Å². The molecule has 3 aliphatic heterocycles. The molecule has 6 heteroatoms. The van der Waals surface area contributed by atoms with Crippen LogP contribution in [0.3, 0.4) is 0 Å². The molecule has 1 aromatic rings. The lowest BCUT2D eigenvalue weighted by molar-refractivity contribution is -0.153. The number of carbonyl (C=O) groups excluding carboxylic acids is 1. The number of likely N-dealkylation sites (tertiary alicyclic amines) is 1. The van der Waals surface area contributed by atoms with E-state index in [2.05, 4.69) is 42.2 Å². The number of rotatable bonds is 7. The van der Waals surface area contributed by atoms with Gasteiger partial charge in [-0.05, 0) is 44.7 Å². The van der Waals surface area contributed by atoms with Crippen LogP contribution in [0.15, 0.2) is 40.3 Å². The van der Waals surface area contributed by atoms with E-state index in [1.807, 2.05) is 23.6 Å². The third-order valence-corrected chi connectivity index (χ3v) is 10.1.